The Balaban J connectivity index is 3.84. The van der Waals surface area contributed by atoms with Crippen LogP contribution in [0.15, 0.2) is 24.3 Å². The zero-order valence-corrected chi connectivity index (χ0v) is 48.4. The molecule has 0 saturated heterocycles. The second-order valence-electron chi connectivity index (χ2n) is 22.4. The zero-order valence-electron chi connectivity index (χ0n) is 47.5. The molecule has 3 unspecified atom stereocenters. The first-order chi connectivity index (χ1) is 34.0. The summed E-state index contributed by atoms with van der Waals surface area (Å²) in [6.07, 6.45) is 67.5. The number of hydrogen-bond donors (Lipinski definition) is 3. The van der Waals surface area contributed by atoms with E-state index < -0.39 is 20.0 Å². The van der Waals surface area contributed by atoms with Gasteiger partial charge in [0.15, 0.2) is 0 Å². The lowest BCUT2D eigenvalue weighted by molar-refractivity contribution is -0.870. The van der Waals surface area contributed by atoms with Gasteiger partial charge in [-0.2, -0.15) is 0 Å². The molecule has 1 amide bonds. The molecule has 9 heteroatoms. The third kappa shape index (κ3) is 54.7. The third-order valence-corrected chi connectivity index (χ3v) is 15.1. The van der Waals surface area contributed by atoms with Crippen molar-refractivity contribution in [2.45, 2.75) is 321 Å². The molecule has 0 aliphatic carbocycles. The van der Waals surface area contributed by atoms with Crippen LogP contribution in [0.2, 0.25) is 0 Å². The molecule has 3 atom stereocenters. The SMILES string of the molecule is CCCCCCCCCC/C=C\CCCCCCCCCCCCCCCCCCCCCCCCCCCC(=O)NC(COP(=O)(O)OCC[N+](C)(C)C)C(O)/C=C/CCCCCCCCCCC. The summed E-state index contributed by atoms with van der Waals surface area (Å²) < 4.78 is 23.6. The number of nitrogens with zero attached hydrogens (tertiary/aromatic N) is 1. The van der Waals surface area contributed by atoms with E-state index in [0.717, 1.165) is 38.5 Å². The maximum atomic E-state index is 12.9. The van der Waals surface area contributed by atoms with Crippen molar-refractivity contribution in [2.24, 2.45) is 0 Å². The van der Waals surface area contributed by atoms with Crippen LogP contribution < -0.4 is 5.32 Å². The molecule has 3 N–H and O–H groups in total. The van der Waals surface area contributed by atoms with Gasteiger partial charge < -0.3 is 19.8 Å². The largest absolute Gasteiger partial charge is 0.472 e. The van der Waals surface area contributed by atoms with Gasteiger partial charge in [-0.05, 0) is 44.9 Å². The first-order valence-electron chi connectivity index (χ1n) is 30.7. The lowest BCUT2D eigenvalue weighted by atomic mass is 10.0. The zero-order chi connectivity index (χ0) is 51.3. The number of quaternary nitrogens is 1. The average molecular weight is 1010 g/mol. The fourth-order valence-corrected chi connectivity index (χ4v) is 10.1. The Morgan fingerprint density at radius 1 is 0.471 bits per heavy atom. The van der Waals surface area contributed by atoms with Crippen LogP contribution >= 0.6 is 7.82 Å². The van der Waals surface area contributed by atoms with Gasteiger partial charge in [0.1, 0.15) is 13.2 Å². The number of carbonyl (C=O) groups is 1. The number of aliphatic hydroxyl groups excluding tert-OH is 1. The molecule has 0 heterocycles. The molecule has 0 aromatic heterocycles. The molecule has 0 fully saturated rings. The Morgan fingerprint density at radius 3 is 1.10 bits per heavy atom. The summed E-state index contributed by atoms with van der Waals surface area (Å²) in [7, 11) is 1.58. The quantitative estimate of drug-likeness (QED) is 0.0243. The normalized spacial score (nSPS) is 14.0. The summed E-state index contributed by atoms with van der Waals surface area (Å²) in [4.78, 5) is 23.2. The van der Waals surface area contributed by atoms with Crippen molar-refractivity contribution in [1.82, 2.24) is 5.32 Å². The van der Waals surface area contributed by atoms with Crippen LogP contribution in [0.1, 0.15) is 309 Å². The number of amides is 1. The van der Waals surface area contributed by atoms with Crippen molar-refractivity contribution in [2.75, 3.05) is 40.9 Å². The van der Waals surface area contributed by atoms with Gasteiger partial charge in [0.05, 0.1) is 39.9 Å². The molecule has 0 saturated carbocycles. The van der Waals surface area contributed by atoms with Crippen LogP contribution in [0.25, 0.3) is 0 Å². The molecule has 0 aliphatic rings. The minimum Gasteiger partial charge on any atom is -0.387 e. The number of likely N-dealkylation sites (N-methyl/N-ethyl adjacent to an activating group) is 1. The number of hydrogen-bond acceptors (Lipinski definition) is 5. The summed E-state index contributed by atoms with van der Waals surface area (Å²) in [6, 6.07) is -0.842. The maximum absolute atomic E-state index is 12.9. The van der Waals surface area contributed by atoms with Gasteiger partial charge >= 0.3 is 7.82 Å². The van der Waals surface area contributed by atoms with Gasteiger partial charge in [-0.1, -0.05) is 282 Å². The topological polar surface area (TPSA) is 105 Å². The van der Waals surface area contributed by atoms with Crippen molar-refractivity contribution in [3.63, 3.8) is 0 Å². The molecule has 0 spiro atoms. The highest BCUT2D eigenvalue weighted by molar-refractivity contribution is 7.47. The van der Waals surface area contributed by atoms with Gasteiger partial charge in [0.2, 0.25) is 5.91 Å². The minimum absolute atomic E-state index is 0.0640. The second-order valence-corrected chi connectivity index (χ2v) is 23.9. The van der Waals surface area contributed by atoms with E-state index in [1.54, 1.807) is 6.08 Å². The first kappa shape index (κ1) is 69.0. The van der Waals surface area contributed by atoms with Crippen LogP contribution in [0.5, 0.6) is 0 Å². The molecule has 0 bridgehead atoms. The van der Waals surface area contributed by atoms with Crippen molar-refractivity contribution >= 4 is 13.7 Å². The summed E-state index contributed by atoms with van der Waals surface area (Å²) in [5, 5.41) is 13.9. The number of nitrogens with one attached hydrogen (secondary N) is 1. The molecule has 0 aliphatic heterocycles. The third-order valence-electron chi connectivity index (χ3n) is 14.2. The molecular formula is C61H122N2O6P+. The Labute approximate surface area is 436 Å². The predicted molar refractivity (Wildman–Crippen MR) is 305 cm³/mol. The van der Waals surface area contributed by atoms with Crippen LogP contribution in [-0.4, -0.2) is 73.4 Å². The molecule has 8 nitrogen and oxygen atoms in total. The van der Waals surface area contributed by atoms with Crippen LogP contribution in [0, 0.1) is 0 Å². The van der Waals surface area contributed by atoms with E-state index >= 15 is 0 Å². The Hall–Kier alpha value is -1.02. The average Bonchev–Trinajstić information content (AvgIpc) is 3.32. The molecule has 416 valence electrons. The highest BCUT2D eigenvalue weighted by Gasteiger charge is 2.27. The van der Waals surface area contributed by atoms with E-state index in [2.05, 4.69) is 31.3 Å². The highest BCUT2D eigenvalue weighted by atomic mass is 31.2. The number of phosphoric acid groups is 1. The van der Waals surface area contributed by atoms with Gasteiger partial charge in [-0.15, -0.1) is 0 Å². The number of aliphatic hydroxyl groups is 1. The standard InChI is InChI=1S/C61H121N2O6P/c1-6-8-10-12-14-16-18-19-20-21-22-23-24-25-26-27-28-29-30-31-32-33-34-35-36-37-38-39-40-41-42-43-45-47-49-51-53-55-61(65)62-59(58-69-70(66,67)68-57-56-63(3,4)5)60(64)54-52-50-48-46-44-17-15-13-11-9-7-2/h21-22,52,54,59-60,64H,6-20,23-51,53,55-58H2,1-5H3,(H-,62,65,66,67)/p+1/b22-21-,54-52+. The molecular weight excluding hydrogens is 888 g/mol. The van der Waals surface area contributed by atoms with Gasteiger partial charge in [-0.25, -0.2) is 4.57 Å². The monoisotopic (exact) mass is 1010 g/mol. The molecule has 0 aromatic carbocycles. The highest BCUT2D eigenvalue weighted by Crippen LogP contribution is 2.43. The molecule has 0 radical (unpaired) electrons. The fraction of sp³-hybridized carbons (Fsp3) is 0.918. The van der Waals surface area contributed by atoms with E-state index in [1.807, 2.05) is 27.2 Å². The fourth-order valence-electron chi connectivity index (χ4n) is 9.33. The molecule has 70 heavy (non-hydrogen) atoms. The lowest BCUT2D eigenvalue weighted by Crippen LogP contribution is -2.45. The van der Waals surface area contributed by atoms with Crippen LogP contribution in [-0.2, 0) is 18.4 Å². The van der Waals surface area contributed by atoms with Crippen molar-refractivity contribution < 1.29 is 32.9 Å². The van der Waals surface area contributed by atoms with E-state index in [9.17, 15) is 19.4 Å². The summed E-state index contributed by atoms with van der Waals surface area (Å²) in [5.41, 5.74) is 0. The predicted octanol–water partition coefficient (Wildman–Crippen LogP) is 18.8. The van der Waals surface area contributed by atoms with E-state index in [1.165, 1.54) is 250 Å². The van der Waals surface area contributed by atoms with Crippen molar-refractivity contribution in [3.8, 4) is 0 Å². The Morgan fingerprint density at radius 2 is 0.771 bits per heavy atom. The van der Waals surface area contributed by atoms with Crippen LogP contribution in [0.4, 0.5) is 0 Å². The van der Waals surface area contributed by atoms with Gasteiger partial charge in [-0.3, -0.25) is 13.8 Å². The van der Waals surface area contributed by atoms with Crippen LogP contribution in [0.3, 0.4) is 0 Å². The minimum atomic E-state index is -4.34. The number of phosphoric ester groups is 1. The van der Waals surface area contributed by atoms with Gasteiger partial charge in [0.25, 0.3) is 0 Å². The van der Waals surface area contributed by atoms with E-state index in [-0.39, 0.29) is 19.1 Å². The number of allylic oxidation sites excluding steroid dienone is 3. The van der Waals surface area contributed by atoms with Gasteiger partial charge in [0, 0.05) is 6.42 Å². The molecule has 0 aromatic rings. The summed E-state index contributed by atoms with van der Waals surface area (Å²) in [6.45, 7) is 4.83. The smallest absolute Gasteiger partial charge is 0.387 e. The molecule has 0 rings (SSSR count). The Bertz CT molecular complexity index is 1190. The number of unbranched alkanes of at least 4 members (excludes halogenated alkanes) is 42. The van der Waals surface area contributed by atoms with E-state index in [4.69, 9.17) is 9.05 Å². The first-order valence-corrected chi connectivity index (χ1v) is 32.2. The number of rotatable bonds is 57. The van der Waals surface area contributed by atoms with Crippen molar-refractivity contribution in [3.05, 3.63) is 24.3 Å². The second kappa shape index (κ2) is 52.8. The summed E-state index contributed by atoms with van der Waals surface area (Å²) >= 11 is 0. The Kier molecular flexibility index (Phi) is 52.1. The maximum Gasteiger partial charge on any atom is 0.472 e. The lowest BCUT2D eigenvalue weighted by Gasteiger charge is -2.25. The van der Waals surface area contributed by atoms with E-state index in [0.29, 0.717) is 17.4 Å². The number of carbonyl (C=O) groups excluding carboxylic acids is 1. The van der Waals surface area contributed by atoms with Crippen molar-refractivity contribution in [1.29, 1.82) is 0 Å². The summed E-state index contributed by atoms with van der Waals surface area (Å²) in [5.74, 6) is -0.172.